The summed E-state index contributed by atoms with van der Waals surface area (Å²) in [5.74, 6) is 0. The average Bonchev–Trinajstić information content (AvgIpc) is 3.60. The van der Waals surface area contributed by atoms with Crippen LogP contribution in [0.1, 0.15) is 75.1 Å². The summed E-state index contributed by atoms with van der Waals surface area (Å²) < 4.78 is 0. The van der Waals surface area contributed by atoms with Gasteiger partial charge in [0.25, 0.3) is 0 Å². The minimum atomic E-state index is 0.194. The molecule has 3 nitrogen and oxygen atoms in total. The summed E-state index contributed by atoms with van der Waals surface area (Å²) in [5.41, 5.74) is 4.71. The van der Waals surface area contributed by atoms with Gasteiger partial charge in [-0.2, -0.15) is 0 Å². The van der Waals surface area contributed by atoms with Gasteiger partial charge in [0, 0.05) is 50.7 Å². The van der Waals surface area contributed by atoms with Crippen LogP contribution in [-0.2, 0) is 19.3 Å². The Kier molecular flexibility index (Phi) is 12.2. The summed E-state index contributed by atoms with van der Waals surface area (Å²) in [6, 6.07) is 8.72. The van der Waals surface area contributed by atoms with E-state index in [9.17, 15) is 0 Å². The third-order valence-electron chi connectivity index (χ3n) is 7.31. The molecule has 0 bridgehead atoms. The second-order valence-corrected chi connectivity index (χ2v) is 13.7. The lowest BCUT2D eigenvalue weighted by Crippen LogP contribution is -2.28. The molecule has 36 heavy (non-hydrogen) atoms. The highest BCUT2D eigenvalue weighted by atomic mass is 35.5. The highest BCUT2D eigenvalue weighted by molar-refractivity contribution is 7.12. The number of fused-ring (bicyclic) bond motifs is 3. The summed E-state index contributed by atoms with van der Waals surface area (Å²) in [6.45, 7) is 12.6. The van der Waals surface area contributed by atoms with Crippen molar-refractivity contribution in [3.63, 3.8) is 0 Å². The Morgan fingerprint density at radius 1 is 0.833 bits per heavy atom. The van der Waals surface area contributed by atoms with Gasteiger partial charge in [-0.1, -0.05) is 0 Å². The first kappa shape index (κ1) is 30.1. The Bertz CT molecular complexity index is 1060. The fourth-order valence-electron chi connectivity index (χ4n) is 4.89. The van der Waals surface area contributed by atoms with Crippen molar-refractivity contribution < 1.29 is 0 Å². The molecule has 3 atom stereocenters. The van der Waals surface area contributed by atoms with Crippen molar-refractivity contribution in [3.8, 4) is 0 Å². The zero-order valence-electron chi connectivity index (χ0n) is 22.4. The van der Waals surface area contributed by atoms with Gasteiger partial charge in [0.1, 0.15) is 0 Å². The van der Waals surface area contributed by atoms with E-state index < -0.39 is 0 Å². The van der Waals surface area contributed by atoms with Crippen LogP contribution in [0.5, 0.6) is 0 Å². The zero-order valence-corrected chi connectivity index (χ0v) is 26.4. The standard InChI is InChI=1S/C10H15NS.C9H13NS.C8H11NS.CH2Cl2/c1-7-6-9-4-5-11(3)8(2)10(9)12-7;1-7-9-8(4-6-11-9)3-5-10(7)2;1-6-8-7(2-4-9-6)3-5-10-8;2-1-3/h6,8H,4-5H2,1-3H3;4,6-7H,3,5H2,1-2H3;3,5-6,9H,2,4H2,1H3;1H2. The molecule has 3 aliphatic heterocycles. The number of halogens is 2. The van der Waals surface area contributed by atoms with Gasteiger partial charge in [0.2, 0.25) is 0 Å². The van der Waals surface area contributed by atoms with Gasteiger partial charge in [0.05, 0.1) is 5.34 Å². The molecule has 0 amide bonds. The van der Waals surface area contributed by atoms with E-state index in [1.54, 1.807) is 26.4 Å². The molecule has 6 heterocycles. The molecular formula is C28H41Cl2N3S3. The Hall–Kier alpha value is -0.440. The van der Waals surface area contributed by atoms with Crippen LogP contribution in [0.3, 0.4) is 0 Å². The lowest BCUT2D eigenvalue weighted by atomic mass is 10.0. The molecule has 3 aromatic rings. The van der Waals surface area contributed by atoms with E-state index in [4.69, 9.17) is 23.2 Å². The zero-order chi connectivity index (χ0) is 26.2. The van der Waals surface area contributed by atoms with E-state index >= 15 is 0 Å². The minimum absolute atomic E-state index is 0.194. The van der Waals surface area contributed by atoms with Crippen molar-refractivity contribution in [3.05, 3.63) is 65.2 Å². The molecule has 0 fully saturated rings. The normalized spacial score (nSPS) is 22.9. The van der Waals surface area contributed by atoms with E-state index in [1.807, 2.05) is 34.0 Å². The van der Waals surface area contributed by atoms with E-state index in [0.29, 0.717) is 18.1 Å². The summed E-state index contributed by atoms with van der Waals surface area (Å²) in [6.07, 6.45) is 3.68. The van der Waals surface area contributed by atoms with E-state index in [-0.39, 0.29) is 5.34 Å². The first-order valence-electron chi connectivity index (χ1n) is 12.7. The van der Waals surface area contributed by atoms with Crippen molar-refractivity contribution in [1.29, 1.82) is 0 Å². The Morgan fingerprint density at radius 2 is 1.36 bits per heavy atom. The van der Waals surface area contributed by atoms with Gasteiger partial charge >= 0.3 is 0 Å². The van der Waals surface area contributed by atoms with Crippen LogP contribution in [0, 0.1) is 6.92 Å². The Balaban J connectivity index is 0.000000143. The average molecular weight is 587 g/mol. The number of hydrogen-bond acceptors (Lipinski definition) is 6. The minimum Gasteiger partial charge on any atom is -0.309 e. The van der Waals surface area contributed by atoms with Gasteiger partial charge in [-0.25, -0.2) is 0 Å². The highest BCUT2D eigenvalue weighted by Crippen LogP contribution is 2.35. The number of likely N-dealkylation sites (N-methyl/N-ethyl adjacent to an activating group) is 2. The lowest BCUT2D eigenvalue weighted by molar-refractivity contribution is 0.252. The molecule has 3 unspecified atom stereocenters. The van der Waals surface area contributed by atoms with Gasteiger partial charge in [0.15, 0.2) is 0 Å². The van der Waals surface area contributed by atoms with Crippen LogP contribution in [-0.4, -0.2) is 48.9 Å². The molecule has 1 N–H and O–H groups in total. The first-order valence-corrected chi connectivity index (χ1v) is 16.4. The van der Waals surface area contributed by atoms with Crippen LogP contribution in [0.4, 0.5) is 0 Å². The second-order valence-electron chi connectivity index (χ2n) is 9.71. The molecule has 200 valence electrons. The maximum atomic E-state index is 4.76. The smallest absolute Gasteiger partial charge is 0.0967 e. The predicted molar refractivity (Wildman–Crippen MR) is 164 cm³/mol. The molecule has 0 saturated heterocycles. The van der Waals surface area contributed by atoms with Crippen molar-refractivity contribution in [2.45, 2.75) is 65.1 Å². The van der Waals surface area contributed by atoms with Gasteiger partial charge in [-0.3, -0.25) is 9.80 Å². The summed E-state index contributed by atoms with van der Waals surface area (Å²) in [4.78, 5) is 11.0. The summed E-state index contributed by atoms with van der Waals surface area (Å²) >= 11 is 15.3. The van der Waals surface area contributed by atoms with Crippen LogP contribution < -0.4 is 5.32 Å². The molecule has 3 aliphatic rings. The SMILES string of the molecule is CC1NCCc2ccsc21.CC1c2sccc2CCN1C.Cc1cc2c(s1)C(C)N(C)CC2.ClCCl. The van der Waals surface area contributed by atoms with E-state index in [2.05, 4.69) is 85.9 Å². The molecule has 3 aromatic heterocycles. The highest BCUT2D eigenvalue weighted by Gasteiger charge is 2.23. The Morgan fingerprint density at radius 3 is 1.97 bits per heavy atom. The topological polar surface area (TPSA) is 18.5 Å². The number of aryl methyl sites for hydroxylation is 1. The number of alkyl halides is 2. The molecule has 0 saturated carbocycles. The molecule has 6 rings (SSSR count). The fraction of sp³-hybridized carbons (Fsp3) is 0.571. The summed E-state index contributed by atoms with van der Waals surface area (Å²) in [5, 5.41) is 8.03. The molecule has 0 aromatic carbocycles. The number of nitrogens with one attached hydrogen (secondary N) is 1. The second kappa shape index (κ2) is 14.6. The number of hydrogen-bond donors (Lipinski definition) is 1. The molecular weight excluding hydrogens is 545 g/mol. The lowest BCUT2D eigenvalue weighted by Gasteiger charge is -2.29. The van der Waals surface area contributed by atoms with E-state index in [0.717, 1.165) is 6.54 Å². The third-order valence-corrected chi connectivity index (χ3v) is 10.8. The van der Waals surface area contributed by atoms with Crippen LogP contribution >= 0.6 is 57.2 Å². The van der Waals surface area contributed by atoms with Crippen LogP contribution in [0.15, 0.2) is 29.0 Å². The third kappa shape index (κ3) is 7.79. The predicted octanol–water partition coefficient (Wildman–Crippen LogP) is 8.28. The molecule has 0 aliphatic carbocycles. The van der Waals surface area contributed by atoms with Crippen LogP contribution in [0.25, 0.3) is 0 Å². The van der Waals surface area contributed by atoms with Crippen molar-refractivity contribution in [2.75, 3.05) is 39.1 Å². The molecule has 8 heteroatoms. The number of rotatable bonds is 0. The molecule has 0 radical (unpaired) electrons. The van der Waals surface area contributed by atoms with Crippen molar-refractivity contribution in [1.82, 2.24) is 15.1 Å². The van der Waals surface area contributed by atoms with E-state index in [1.165, 1.54) is 42.1 Å². The maximum Gasteiger partial charge on any atom is 0.0967 e. The Labute approximate surface area is 240 Å². The summed E-state index contributed by atoms with van der Waals surface area (Å²) in [7, 11) is 4.41. The van der Waals surface area contributed by atoms with Gasteiger partial charge in [-0.15, -0.1) is 57.2 Å². The van der Waals surface area contributed by atoms with Gasteiger partial charge < -0.3 is 5.32 Å². The monoisotopic (exact) mass is 585 g/mol. The fourth-order valence-corrected chi connectivity index (χ4v) is 8.14. The maximum absolute atomic E-state index is 4.76. The van der Waals surface area contributed by atoms with Crippen LogP contribution in [0.2, 0.25) is 0 Å². The largest absolute Gasteiger partial charge is 0.309 e. The number of thiophene rings is 3. The van der Waals surface area contributed by atoms with Crippen molar-refractivity contribution >= 4 is 57.2 Å². The quantitative estimate of drug-likeness (QED) is 0.268. The number of nitrogens with zero attached hydrogens (tertiary/aromatic N) is 2. The first-order chi connectivity index (χ1) is 17.3. The molecule has 0 spiro atoms. The van der Waals surface area contributed by atoms with Gasteiger partial charge in [-0.05, 0) is 113 Å². The van der Waals surface area contributed by atoms with Crippen molar-refractivity contribution in [2.24, 2.45) is 0 Å².